The maximum absolute atomic E-state index is 5.46. The maximum Gasteiger partial charge on any atom is 0.161 e. The lowest BCUT2D eigenvalue weighted by Gasteiger charge is -2.24. The van der Waals surface area contributed by atoms with Crippen LogP contribution in [0, 0.1) is 0 Å². The molecule has 0 saturated carbocycles. The maximum atomic E-state index is 5.46. The second-order valence-corrected chi connectivity index (χ2v) is 6.94. The third-order valence-electron chi connectivity index (χ3n) is 5.33. The molecular weight excluding hydrogens is 384 g/mol. The molecule has 2 aliphatic heterocycles. The normalized spacial score (nSPS) is 14.5. The smallest absolute Gasteiger partial charge is 0.161 e. The van der Waals surface area contributed by atoms with Gasteiger partial charge in [0.25, 0.3) is 0 Å². The van der Waals surface area contributed by atoms with Gasteiger partial charge in [0.05, 0.1) is 28.4 Å². The van der Waals surface area contributed by atoms with E-state index in [-0.39, 0.29) is 0 Å². The summed E-state index contributed by atoms with van der Waals surface area (Å²) in [5.41, 5.74) is 10.8. The van der Waals surface area contributed by atoms with Crippen LogP contribution in [0.2, 0.25) is 0 Å². The van der Waals surface area contributed by atoms with E-state index in [9.17, 15) is 0 Å². The van der Waals surface area contributed by atoms with Gasteiger partial charge in [0.1, 0.15) is 11.7 Å². The minimum atomic E-state index is 0.671. The number of aliphatic imine (C=N–C) groups is 2. The van der Waals surface area contributed by atoms with Gasteiger partial charge in [-0.2, -0.15) is 0 Å². The van der Waals surface area contributed by atoms with E-state index in [1.807, 2.05) is 24.3 Å². The highest BCUT2D eigenvalue weighted by molar-refractivity contribution is 6.06. The first-order valence-corrected chi connectivity index (χ1v) is 9.80. The summed E-state index contributed by atoms with van der Waals surface area (Å²) in [4.78, 5) is 9.30. The van der Waals surface area contributed by atoms with Gasteiger partial charge in [-0.15, -0.1) is 0 Å². The van der Waals surface area contributed by atoms with Gasteiger partial charge < -0.3 is 18.9 Å². The number of ether oxygens (including phenoxy) is 4. The van der Waals surface area contributed by atoms with Crippen LogP contribution in [0.15, 0.2) is 34.3 Å². The van der Waals surface area contributed by atoms with E-state index in [0.717, 1.165) is 58.3 Å². The van der Waals surface area contributed by atoms with E-state index in [1.165, 1.54) is 0 Å². The van der Waals surface area contributed by atoms with Gasteiger partial charge in [0.15, 0.2) is 23.0 Å². The lowest BCUT2D eigenvalue weighted by molar-refractivity contribution is 0.354. The second kappa shape index (κ2) is 8.52. The molecule has 0 bridgehead atoms. The zero-order valence-electron chi connectivity index (χ0n) is 17.7. The molecule has 0 saturated heterocycles. The standard InChI is InChI=1S/C22H26N4O4/c1-27-17-9-13-5-7-23-21(15(13)11-19(17)29-3)25-26-22-16-12-20(30-4)18(28-2)10-14(16)6-8-24-22/h9-12H,5-8H2,1-4H3,(H,23,25)(H,24,26). The number of methoxy groups -OCH3 is 4. The number of nitrogens with zero attached hydrogens (tertiary/aromatic N) is 2. The fourth-order valence-electron chi connectivity index (χ4n) is 3.78. The minimum Gasteiger partial charge on any atom is -0.493 e. The molecule has 0 atom stereocenters. The zero-order chi connectivity index (χ0) is 21.1. The number of amidine groups is 2. The summed E-state index contributed by atoms with van der Waals surface area (Å²) in [6.45, 7) is 1.39. The third-order valence-corrected chi connectivity index (χ3v) is 5.33. The summed E-state index contributed by atoms with van der Waals surface area (Å²) in [6.07, 6.45) is 1.70. The molecule has 2 aromatic rings. The summed E-state index contributed by atoms with van der Waals surface area (Å²) < 4.78 is 21.8. The van der Waals surface area contributed by atoms with Gasteiger partial charge in [-0.3, -0.25) is 20.8 Å². The monoisotopic (exact) mass is 410 g/mol. The largest absolute Gasteiger partial charge is 0.493 e. The molecular formula is C22H26N4O4. The SMILES string of the molecule is COc1cc2c(cc1OC)C(NNC1=NCCc3cc(OC)c(OC)cc31)=NCC2. The van der Waals surface area contributed by atoms with Crippen molar-refractivity contribution in [2.24, 2.45) is 9.98 Å². The van der Waals surface area contributed by atoms with Crippen molar-refractivity contribution >= 4 is 11.7 Å². The fraction of sp³-hybridized carbons (Fsp3) is 0.364. The van der Waals surface area contributed by atoms with Crippen LogP contribution in [0.5, 0.6) is 23.0 Å². The Balaban J connectivity index is 1.59. The molecule has 8 heteroatoms. The highest BCUT2D eigenvalue weighted by atomic mass is 16.5. The van der Waals surface area contributed by atoms with Crippen molar-refractivity contribution < 1.29 is 18.9 Å². The van der Waals surface area contributed by atoms with Gasteiger partial charge in [-0.1, -0.05) is 0 Å². The van der Waals surface area contributed by atoms with Crippen molar-refractivity contribution in [1.82, 2.24) is 10.9 Å². The first-order valence-electron chi connectivity index (χ1n) is 9.80. The van der Waals surface area contributed by atoms with Crippen LogP contribution in [0.25, 0.3) is 0 Å². The second-order valence-electron chi connectivity index (χ2n) is 6.94. The number of benzene rings is 2. The Labute approximate surface area is 175 Å². The lowest BCUT2D eigenvalue weighted by atomic mass is 9.99. The summed E-state index contributed by atoms with van der Waals surface area (Å²) in [5, 5.41) is 0. The first-order chi connectivity index (χ1) is 14.7. The van der Waals surface area contributed by atoms with Gasteiger partial charge in [0.2, 0.25) is 0 Å². The van der Waals surface area contributed by atoms with E-state index in [0.29, 0.717) is 24.6 Å². The summed E-state index contributed by atoms with van der Waals surface area (Å²) in [7, 11) is 6.55. The Morgan fingerprint density at radius 2 is 0.967 bits per heavy atom. The lowest BCUT2D eigenvalue weighted by Crippen LogP contribution is -2.45. The predicted octanol–water partition coefficient (Wildman–Crippen LogP) is 2.12. The van der Waals surface area contributed by atoms with Crippen LogP contribution in [-0.4, -0.2) is 53.2 Å². The van der Waals surface area contributed by atoms with Gasteiger partial charge in [0, 0.05) is 24.2 Å². The van der Waals surface area contributed by atoms with Gasteiger partial charge in [-0.25, -0.2) is 0 Å². The van der Waals surface area contributed by atoms with Gasteiger partial charge in [-0.05, 0) is 48.2 Å². The van der Waals surface area contributed by atoms with Crippen LogP contribution in [0.3, 0.4) is 0 Å². The molecule has 2 aromatic carbocycles. The van der Waals surface area contributed by atoms with Crippen molar-refractivity contribution in [3.05, 3.63) is 46.5 Å². The van der Waals surface area contributed by atoms with Crippen LogP contribution in [0.4, 0.5) is 0 Å². The van der Waals surface area contributed by atoms with E-state index < -0.39 is 0 Å². The Kier molecular flexibility index (Phi) is 5.65. The summed E-state index contributed by atoms with van der Waals surface area (Å²) >= 11 is 0. The van der Waals surface area contributed by atoms with E-state index in [4.69, 9.17) is 18.9 Å². The van der Waals surface area contributed by atoms with E-state index in [1.54, 1.807) is 28.4 Å². The molecule has 0 fully saturated rings. The molecule has 0 aromatic heterocycles. The Hall–Kier alpha value is -3.42. The van der Waals surface area contributed by atoms with Crippen LogP contribution < -0.4 is 29.8 Å². The molecule has 0 aliphatic carbocycles. The van der Waals surface area contributed by atoms with Crippen molar-refractivity contribution in [3.63, 3.8) is 0 Å². The average Bonchev–Trinajstić information content (AvgIpc) is 2.80. The Morgan fingerprint density at radius 1 is 0.600 bits per heavy atom. The number of hydrogen-bond acceptors (Lipinski definition) is 8. The van der Waals surface area contributed by atoms with Crippen molar-refractivity contribution in [1.29, 1.82) is 0 Å². The Morgan fingerprint density at radius 3 is 1.33 bits per heavy atom. The summed E-state index contributed by atoms with van der Waals surface area (Å²) in [6, 6.07) is 7.92. The molecule has 2 aliphatic rings. The molecule has 4 rings (SSSR count). The number of nitrogens with one attached hydrogen (secondary N) is 2. The number of fused-ring (bicyclic) bond motifs is 2. The molecule has 2 heterocycles. The van der Waals surface area contributed by atoms with E-state index in [2.05, 4.69) is 20.8 Å². The average molecular weight is 410 g/mol. The fourth-order valence-corrected chi connectivity index (χ4v) is 3.78. The van der Waals surface area contributed by atoms with Crippen LogP contribution in [-0.2, 0) is 12.8 Å². The van der Waals surface area contributed by atoms with E-state index >= 15 is 0 Å². The molecule has 0 radical (unpaired) electrons. The molecule has 0 spiro atoms. The predicted molar refractivity (Wildman–Crippen MR) is 116 cm³/mol. The van der Waals surface area contributed by atoms with Crippen molar-refractivity contribution in [3.8, 4) is 23.0 Å². The zero-order valence-corrected chi connectivity index (χ0v) is 17.7. The first kappa shape index (κ1) is 19.9. The van der Waals surface area contributed by atoms with Crippen molar-refractivity contribution in [2.45, 2.75) is 12.8 Å². The van der Waals surface area contributed by atoms with Crippen molar-refractivity contribution in [2.75, 3.05) is 41.5 Å². The van der Waals surface area contributed by atoms with Crippen LogP contribution >= 0.6 is 0 Å². The molecule has 8 nitrogen and oxygen atoms in total. The van der Waals surface area contributed by atoms with Crippen LogP contribution in [0.1, 0.15) is 22.3 Å². The third kappa shape index (κ3) is 3.60. The molecule has 0 amide bonds. The van der Waals surface area contributed by atoms with Gasteiger partial charge >= 0.3 is 0 Å². The number of hydrazine groups is 1. The molecule has 158 valence electrons. The quantitative estimate of drug-likeness (QED) is 0.751. The highest BCUT2D eigenvalue weighted by Crippen LogP contribution is 2.33. The molecule has 2 N–H and O–H groups in total. The summed E-state index contributed by atoms with van der Waals surface area (Å²) in [5.74, 6) is 4.27. The molecule has 0 unspecified atom stereocenters. The number of hydrogen-bond donors (Lipinski definition) is 2. The topological polar surface area (TPSA) is 85.7 Å². The number of rotatable bonds is 4. The Bertz CT molecular complexity index is 935. The molecule has 30 heavy (non-hydrogen) atoms. The highest BCUT2D eigenvalue weighted by Gasteiger charge is 2.21. The minimum absolute atomic E-state index is 0.671.